The molecule has 1 rings (SSSR count). The van der Waals surface area contributed by atoms with Gasteiger partial charge in [0.1, 0.15) is 0 Å². The molecule has 0 spiro atoms. The average molecular weight is 112 g/mol. The molecule has 0 unspecified atom stereocenters. The molecule has 0 saturated heterocycles. The average Bonchev–Trinajstić information content (AvgIpc) is 1.77. The molecule has 0 bridgehead atoms. The molecule has 0 aromatic carbocycles. The van der Waals surface area contributed by atoms with Crippen LogP contribution in [0.3, 0.4) is 0 Å². The van der Waals surface area contributed by atoms with Crippen LogP contribution in [0, 0.1) is 5.92 Å². The quantitative estimate of drug-likeness (QED) is 0.465. The van der Waals surface area contributed by atoms with Gasteiger partial charge in [-0.15, -0.1) is 0 Å². The van der Waals surface area contributed by atoms with Gasteiger partial charge < -0.3 is 4.74 Å². The lowest BCUT2D eigenvalue weighted by atomic mass is 10.1. The molecule has 1 aliphatic rings. The van der Waals surface area contributed by atoms with Crippen molar-refractivity contribution in [3.05, 3.63) is 11.8 Å². The normalized spacial score (nSPS) is 28.8. The summed E-state index contributed by atoms with van der Waals surface area (Å²) in [5.41, 5.74) is 0. The molecular weight excluding hydrogens is 100 g/mol. The predicted octanol–water partition coefficient (Wildman–Crippen LogP) is 1.95. The smallest absolute Gasteiger partial charge is 0.0905 e. The van der Waals surface area contributed by atoms with Gasteiger partial charge in [0.2, 0.25) is 0 Å². The number of hydrogen-bond donors (Lipinski definition) is 0. The standard InChI is InChI=1S/C7H12O/c1-6-3-4-7(2)8-5-6/h4,6H,3,5H2,1-2H3/t6-/m0/s1. The van der Waals surface area contributed by atoms with Crippen molar-refractivity contribution in [2.45, 2.75) is 20.3 Å². The van der Waals surface area contributed by atoms with Crippen LogP contribution < -0.4 is 0 Å². The van der Waals surface area contributed by atoms with Crippen molar-refractivity contribution in [1.82, 2.24) is 0 Å². The minimum Gasteiger partial charge on any atom is -0.498 e. The van der Waals surface area contributed by atoms with Crippen molar-refractivity contribution < 1.29 is 4.74 Å². The molecule has 0 radical (unpaired) electrons. The summed E-state index contributed by atoms with van der Waals surface area (Å²) in [4.78, 5) is 0. The van der Waals surface area contributed by atoms with E-state index in [0.29, 0.717) is 0 Å². The lowest BCUT2D eigenvalue weighted by Gasteiger charge is -2.16. The molecule has 1 heteroatoms. The third kappa shape index (κ3) is 1.25. The third-order valence-corrected chi connectivity index (χ3v) is 1.40. The summed E-state index contributed by atoms with van der Waals surface area (Å²) < 4.78 is 5.25. The van der Waals surface area contributed by atoms with Crippen LogP contribution >= 0.6 is 0 Å². The highest BCUT2D eigenvalue weighted by Gasteiger charge is 2.05. The van der Waals surface area contributed by atoms with Gasteiger partial charge in [0.15, 0.2) is 0 Å². The van der Waals surface area contributed by atoms with Gasteiger partial charge in [-0.2, -0.15) is 0 Å². The maximum Gasteiger partial charge on any atom is 0.0905 e. The number of allylic oxidation sites excluding steroid dienone is 2. The van der Waals surface area contributed by atoms with Gasteiger partial charge in [0, 0.05) is 0 Å². The van der Waals surface area contributed by atoms with Gasteiger partial charge in [-0.3, -0.25) is 0 Å². The maximum absolute atomic E-state index is 5.25. The first-order valence-corrected chi connectivity index (χ1v) is 3.08. The van der Waals surface area contributed by atoms with Crippen molar-refractivity contribution in [3.8, 4) is 0 Å². The lowest BCUT2D eigenvalue weighted by molar-refractivity contribution is 0.156. The third-order valence-electron chi connectivity index (χ3n) is 1.40. The fraction of sp³-hybridized carbons (Fsp3) is 0.714. The Hall–Kier alpha value is -0.460. The van der Waals surface area contributed by atoms with E-state index in [1.807, 2.05) is 6.92 Å². The number of rotatable bonds is 0. The maximum atomic E-state index is 5.25. The Bertz CT molecular complexity index is 105. The van der Waals surface area contributed by atoms with Crippen molar-refractivity contribution in [2.24, 2.45) is 5.92 Å². The summed E-state index contributed by atoms with van der Waals surface area (Å²) in [6.07, 6.45) is 3.33. The highest BCUT2D eigenvalue weighted by molar-refractivity contribution is 4.92. The second-order valence-corrected chi connectivity index (χ2v) is 2.47. The minimum absolute atomic E-state index is 0.721. The molecule has 1 aliphatic heterocycles. The van der Waals surface area contributed by atoms with Crippen LogP contribution in [-0.2, 0) is 4.74 Å². The van der Waals surface area contributed by atoms with E-state index in [9.17, 15) is 0 Å². The number of ether oxygens (including phenoxy) is 1. The monoisotopic (exact) mass is 112 g/mol. The van der Waals surface area contributed by atoms with Crippen LogP contribution in [-0.4, -0.2) is 6.61 Å². The van der Waals surface area contributed by atoms with Gasteiger partial charge in [-0.25, -0.2) is 0 Å². The van der Waals surface area contributed by atoms with E-state index in [-0.39, 0.29) is 0 Å². The molecule has 0 aromatic rings. The van der Waals surface area contributed by atoms with Gasteiger partial charge in [-0.05, 0) is 25.3 Å². The van der Waals surface area contributed by atoms with E-state index in [2.05, 4.69) is 13.0 Å². The Morgan fingerprint density at radius 2 is 2.50 bits per heavy atom. The molecule has 0 saturated carbocycles. The molecule has 0 amide bonds. The first kappa shape index (κ1) is 5.67. The van der Waals surface area contributed by atoms with Crippen LogP contribution in [0.25, 0.3) is 0 Å². The van der Waals surface area contributed by atoms with E-state index in [1.165, 1.54) is 6.42 Å². The summed E-state index contributed by atoms with van der Waals surface area (Å²) in [6, 6.07) is 0. The molecule has 0 aliphatic carbocycles. The van der Waals surface area contributed by atoms with Crippen LogP contribution in [0.4, 0.5) is 0 Å². The van der Waals surface area contributed by atoms with E-state index in [4.69, 9.17) is 4.74 Å². The van der Waals surface area contributed by atoms with Crippen molar-refractivity contribution in [2.75, 3.05) is 6.61 Å². The summed E-state index contributed by atoms with van der Waals surface area (Å²) in [7, 11) is 0. The summed E-state index contributed by atoms with van der Waals surface area (Å²) in [6.45, 7) is 5.11. The Morgan fingerprint density at radius 1 is 1.75 bits per heavy atom. The zero-order valence-electron chi connectivity index (χ0n) is 5.48. The zero-order valence-corrected chi connectivity index (χ0v) is 5.48. The molecule has 46 valence electrons. The highest BCUT2D eigenvalue weighted by atomic mass is 16.5. The molecule has 1 nitrogen and oxygen atoms in total. The van der Waals surface area contributed by atoms with Crippen molar-refractivity contribution in [1.29, 1.82) is 0 Å². The van der Waals surface area contributed by atoms with Gasteiger partial charge >= 0.3 is 0 Å². The fourth-order valence-corrected chi connectivity index (χ4v) is 0.768. The van der Waals surface area contributed by atoms with Crippen molar-refractivity contribution in [3.63, 3.8) is 0 Å². The molecule has 1 heterocycles. The SMILES string of the molecule is CC1=CC[C@H](C)CO1. The van der Waals surface area contributed by atoms with Crippen LogP contribution in [0.5, 0.6) is 0 Å². The largest absolute Gasteiger partial charge is 0.498 e. The van der Waals surface area contributed by atoms with Crippen LogP contribution in [0.15, 0.2) is 11.8 Å². The second kappa shape index (κ2) is 2.21. The molecule has 0 N–H and O–H groups in total. The van der Waals surface area contributed by atoms with E-state index >= 15 is 0 Å². The Balaban J connectivity index is 2.42. The topological polar surface area (TPSA) is 9.23 Å². The first-order chi connectivity index (χ1) is 3.79. The van der Waals surface area contributed by atoms with Crippen LogP contribution in [0.2, 0.25) is 0 Å². The minimum atomic E-state index is 0.721. The van der Waals surface area contributed by atoms with Crippen LogP contribution in [0.1, 0.15) is 20.3 Å². The van der Waals surface area contributed by atoms with Gasteiger partial charge in [0.25, 0.3) is 0 Å². The highest BCUT2D eigenvalue weighted by Crippen LogP contribution is 2.13. The zero-order chi connectivity index (χ0) is 5.98. The van der Waals surface area contributed by atoms with Gasteiger partial charge in [-0.1, -0.05) is 6.92 Å². The molecule has 0 aromatic heterocycles. The van der Waals surface area contributed by atoms with E-state index in [0.717, 1.165) is 18.3 Å². The van der Waals surface area contributed by atoms with E-state index < -0.39 is 0 Å². The molecule has 0 fully saturated rings. The Labute approximate surface area is 50.3 Å². The predicted molar refractivity (Wildman–Crippen MR) is 33.5 cm³/mol. The number of hydrogen-bond acceptors (Lipinski definition) is 1. The summed E-state index contributed by atoms with van der Waals surface area (Å²) >= 11 is 0. The molecular formula is C7H12O. The van der Waals surface area contributed by atoms with Gasteiger partial charge in [0.05, 0.1) is 12.4 Å². The summed E-state index contributed by atoms with van der Waals surface area (Å²) in [5.74, 6) is 1.81. The van der Waals surface area contributed by atoms with Crippen molar-refractivity contribution >= 4 is 0 Å². The molecule has 1 atom stereocenters. The lowest BCUT2D eigenvalue weighted by Crippen LogP contribution is -2.08. The molecule has 8 heavy (non-hydrogen) atoms. The van der Waals surface area contributed by atoms with E-state index in [1.54, 1.807) is 0 Å². The Kier molecular flexibility index (Phi) is 1.56. The Morgan fingerprint density at radius 3 is 2.88 bits per heavy atom. The first-order valence-electron chi connectivity index (χ1n) is 3.08. The second-order valence-electron chi connectivity index (χ2n) is 2.47. The summed E-state index contributed by atoms with van der Waals surface area (Å²) in [5, 5.41) is 0. The fourth-order valence-electron chi connectivity index (χ4n) is 0.768.